The average molecular weight is 339 g/mol. The topological polar surface area (TPSA) is 53.5 Å². The van der Waals surface area contributed by atoms with E-state index in [2.05, 4.69) is 43.8 Å². The van der Waals surface area contributed by atoms with Gasteiger partial charge in [-0.25, -0.2) is 4.98 Å². The number of nitrogens with one attached hydrogen (secondary N) is 1. The van der Waals surface area contributed by atoms with Crippen LogP contribution < -0.4 is 19.9 Å². The molecule has 1 saturated heterocycles. The number of methoxy groups -OCH3 is 1. The number of aryl methyl sites for hydroxylation is 1. The SMILES string of the molecule is C=CCNc1cc(C)nc(N2CCN(c3ccc(OC)cc3)CC2)n1. The molecule has 2 aromatic rings. The first-order chi connectivity index (χ1) is 12.2. The van der Waals surface area contributed by atoms with Gasteiger partial charge in [-0.15, -0.1) is 6.58 Å². The molecule has 0 aliphatic carbocycles. The number of nitrogens with zero attached hydrogens (tertiary/aromatic N) is 4. The summed E-state index contributed by atoms with van der Waals surface area (Å²) in [6.07, 6.45) is 1.82. The number of hydrogen-bond acceptors (Lipinski definition) is 6. The second-order valence-corrected chi connectivity index (χ2v) is 6.04. The van der Waals surface area contributed by atoms with Crippen LogP contribution in [0.25, 0.3) is 0 Å². The molecule has 0 saturated carbocycles. The zero-order valence-electron chi connectivity index (χ0n) is 14.9. The van der Waals surface area contributed by atoms with E-state index in [-0.39, 0.29) is 0 Å². The third kappa shape index (κ3) is 4.21. The van der Waals surface area contributed by atoms with Crippen molar-refractivity contribution in [2.24, 2.45) is 0 Å². The van der Waals surface area contributed by atoms with Gasteiger partial charge in [0.25, 0.3) is 0 Å². The van der Waals surface area contributed by atoms with Crippen LogP contribution in [0.3, 0.4) is 0 Å². The molecular formula is C19H25N5O. The van der Waals surface area contributed by atoms with E-state index in [9.17, 15) is 0 Å². The third-order valence-electron chi connectivity index (χ3n) is 4.27. The maximum absolute atomic E-state index is 5.23. The maximum atomic E-state index is 5.23. The Balaban J connectivity index is 1.65. The number of ether oxygens (including phenoxy) is 1. The smallest absolute Gasteiger partial charge is 0.227 e. The summed E-state index contributed by atoms with van der Waals surface area (Å²) < 4.78 is 5.23. The van der Waals surface area contributed by atoms with E-state index < -0.39 is 0 Å². The molecule has 0 bridgehead atoms. The largest absolute Gasteiger partial charge is 0.497 e. The van der Waals surface area contributed by atoms with Crippen molar-refractivity contribution < 1.29 is 4.74 Å². The molecule has 3 rings (SSSR count). The highest BCUT2D eigenvalue weighted by molar-refractivity contribution is 5.51. The van der Waals surface area contributed by atoms with Crippen LogP contribution in [0.4, 0.5) is 17.5 Å². The minimum absolute atomic E-state index is 0.696. The molecule has 1 aliphatic rings. The van der Waals surface area contributed by atoms with Crippen molar-refractivity contribution in [2.45, 2.75) is 6.92 Å². The van der Waals surface area contributed by atoms with Crippen molar-refractivity contribution in [1.82, 2.24) is 9.97 Å². The fourth-order valence-electron chi connectivity index (χ4n) is 2.92. The van der Waals surface area contributed by atoms with Crippen LogP contribution in [0.5, 0.6) is 5.75 Å². The number of hydrogen-bond donors (Lipinski definition) is 1. The van der Waals surface area contributed by atoms with Gasteiger partial charge in [0.2, 0.25) is 5.95 Å². The molecule has 1 aromatic heterocycles. The second kappa shape index (κ2) is 7.88. The fraction of sp³-hybridized carbons (Fsp3) is 0.368. The molecule has 1 aliphatic heterocycles. The molecule has 0 amide bonds. The number of benzene rings is 1. The monoisotopic (exact) mass is 339 g/mol. The molecule has 0 atom stereocenters. The third-order valence-corrected chi connectivity index (χ3v) is 4.27. The Bertz CT molecular complexity index is 708. The normalized spacial score (nSPS) is 14.3. The Morgan fingerprint density at radius 1 is 1.12 bits per heavy atom. The summed E-state index contributed by atoms with van der Waals surface area (Å²) in [5.41, 5.74) is 2.19. The first kappa shape index (κ1) is 17.1. The minimum atomic E-state index is 0.696. The van der Waals surface area contributed by atoms with Crippen LogP contribution >= 0.6 is 0 Å². The lowest BCUT2D eigenvalue weighted by atomic mass is 10.2. The molecule has 2 heterocycles. The lowest BCUT2D eigenvalue weighted by Crippen LogP contribution is -2.47. The van der Waals surface area contributed by atoms with Crippen molar-refractivity contribution in [3.63, 3.8) is 0 Å². The Kier molecular flexibility index (Phi) is 5.38. The first-order valence-corrected chi connectivity index (χ1v) is 8.54. The van der Waals surface area contributed by atoms with E-state index in [1.165, 1.54) is 5.69 Å². The minimum Gasteiger partial charge on any atom is -0.497 e. The summed E-state index contributed by atoms with van der Waals surface area (Å²) >= 11 is 0. The van der Waals surface area contributed by atoms with E-state index in [0.29, 0.717) is 6.54 Å². The maximum Gasteiger partial charge on any atom is 0.227 e. The quantitative estimate of drug-likeness (QED) is 0.817. The van der Waals surface area contributed by atoms with Crippen molar-refractivity contribution in [3.8, 4) is 5.75 Å². The summed E-state index contributed by atoms with van der Waals surface area (Å²) in [7, 11) is 1.69. The van der Waals surface area contributed by atoms with Crippen molar-refractivity contribution in [1.29, 1.82) is 0 Å². The van der Waals surface area contributed by atoms with Gasteiger partial charge in [0.05, 0.1) is 7.11 Å². The Hall–Kier alpha value is -2.76. The summed E-state index contributed by atoms with van der Waals surface area (Å²) in [6.45, 7) is 10.1. The molecule has 1 N–H and O–H groups in total. The number of anilines is 3. The molecular weight excluding hydrogens is 314 g/mol. The van der Waals surface area contributed by atoms with E-state index in [1.54, 1.807) is 7.11 Å². The van der Waals surface area contributed by atoms with Gasteiger partial charge in [-0.3, -0.25) is 0 Å². The van der Waals surface area contributed by atoms with Crippen molar-refractivity contribution in [2.75, 3.05) is 55.0 Å². The van der Waals surface area contributed by atoms with Gasteiger partial charge in [0.15, 0.2) is 0 Å². The predicted octanol–water partition coefficient (Wildman–Crippen LogP) is 2.72. The molecule has 6 heteroatoms. The van der Waals surface area contributed by atoms with Crippen LogP contribution in [0.1, 0.15) is 5.69 Å². The standard InChI is InChI=1S/C19H25N5O/c1-4-9-20-18-14-15(2)21-19(22-18)24-12-10-23(11-13-24)16-5-7-17(25-3)8-6-16/h4-8,14H,1,9-13H2,2-3H3,(H,20,21,22). The van der Waals surface area contributed by atoms with E-state index in [1.807, 2.05) is 31.2 Å². The zero-order chi connectivity index (χ0) is 17.6. The van der Waals surface area contributed by atoms with Crippen LogP contribution in [-0.2, 0) is 0 Å². The summed E-state index contributed by atoms with van der Waals surface area (Å²) in [4.78, 5) is 13.9. The van der Waals surface area contributed by atoms with Crippen molar-refractivity contribution >= 4 is 17.5 Å². The van der Waals surface area contributed by atoms with Gasteiger partial charge < -0.3 is 19.9 Å². The van der Waals surface area contributed by atoms with Gasteiger partial charge in [-0.05, 0) is 31.2 Å². The highest BCUT2D eigenvalue weighted by Gasteiger charge is 2.20. The van der Waals surface area contributed by atoms with E-state index in [0.717, 1.165) is 49.4 Å². The Labute approximate surface area is 149 Å². The summed E-state index contributed by atoms with van der Waals surface area (Å²) in [6, 6.07) is 10.2. The molecule has 0 radical (unpaired) electrons. The highest BCUT2D eigenvalue weighted by atomic mass is 16.5. The molecule has 6 nitrogen and oxygen atoms in total. The lowest BCUT2D eigenvalue weighted by molar-refractivity contribution is 0.415. The van der Waals surface area contributed by atoms with Gasteiger partial charge >= 0.3 is 0 Å². The molecule has 0 spiro atoms. The van der Waals surface area contributed by atoms with E-state index in [4.69, 9.17) is 4.74 Å². The number of rotatable bonds is 6. The fourth-order valence-corrected chi connectivity index (χ4v) is 2.92. The predicted molar refractivity (Wildman–Crippen MR) is 103 cm³/mol. The summed E-state index contributed by atoms with van der Waals surface area (Å²) in [5.74, 6) is 2.52. The van der Waals surface area contributed by atoms with Crippen LogP contribution in [-0.4, -0.2) is 49.8 Å². The van der Waals surface area contributed by atoms with Crippen LogP contribution in [0, 0.1) is 6.92 Å². The molecule has 1 aromatic carbocycles. The van der Waals surface area contributed by atoms with Crippen LogP contribution in [0.15, 0.2) is 43.0 Å². The number of piperazine rings is 1. The first-order valence-electron chi connectivity index (χ1n) is 8.54. The zero-order valence-corrected chi connectivity index (χ0v) is 14.9. The summed E-state index contributed by atoms with van der Waals surface area (Å²) in [5, 5.41) is 3.24. The molecule has 25 heavy (non-hydrogen) atoms. The lowest BCUT2D eigenvalue weighted by Gasteiger charge is -2.36. The molecule has 132 valence electrons. The highest BCUT2D eigenvalue weighted by Crippen LogP contribution is 2.22. The number of aromatic nitrogens is 2. The van der Waals surface area contributed by atoms with Gasteiger partial charge in [0.1, 0.15) is 11.6 Å². The van der Waals surface area contributed by atoms with E-state index >= 15 is 0 Å². The molecule has 1 fully saturated rings. The van der Waals surface area contributed by atoms with Gasteiger partial charge in [-0.1, -0.05) is 6.08 Å². The Morgan fingerprint density at radius 3 is 2.44 bits per heavy atom. The Morgan fingerprint density at radius 2 is 1.80 bits per heavy atom. The van der Waals surface area contributed by atoms with Gasteiger partial charge in [0, 0.05) is 50.2 Å². The van der Waals surface area contributed by atoms with Crippen LogP contribution in [0.2, 0.25) is 0 Å². The molecule has 0 unspecified atom stereocenters. The van der Waals surface area contributed by atoms with Gasteiger partial charge in [-0.2, -0.15) is 4.98 Å². The average Bonchev–Trinajstić information content (AvgIpc) is 2.66. The second-order valence-electron chi connectivity index (χ2n) is 6.04. The van der Waals surface area contributed by atoms with Crippen molar-refractivity contribution in [3.05, 3.63) is 48.7 Å².